The van der Waals surface area contributed by atoms with Crippen LogP contribution in [0.3, 0.4) is 0 Å². The van der Waals surface area contributed by atoms with Crippen molar-refractivity contribution in [3.8, 4) is 21.1 Å². The minimum Gasteiger partial charge on any atom is -0.322 e. The summed E-state index contributed by atoms with van der Waals surface area (Å²) in [5, 5.41) is 4.40. The number of carbonyl (C=O) groups is 1. The molecule has 0 radical (unpaired) electrons. The van der Waals surface area contributed by atoms with E-state index < -0.39 is 10.1 Å². The van der Waals surface area contributed by atoms with Crippen molar-refractivity contribution in [1.82, 2.24) is 9.97 Å². The third-order valence-electron chi connectivity index (χ3n) is 6.10. The third kappa shape index (κ3) is 5.11. The Labute approximate surface area is 240 Å². The number of nitrogens with one attached hydrogen (secondary N) is 1. The van der Waals surface area contributed by atoms with Crippen LogP contribution in [-0.4, -0.2) is 28.8 Å². The second kappa shape index (κ2) is 9.92. The van der Waals surface area contributed by atoms with Crippen molar-refractivity contribution < 1.29 is 17.8 Å². The Kier molecular flexibility index (Phi) is 6.56. The van der Waals surface area contributed by atoms with Gasteiger partial charge in [-0.1, -0.05) is 22.0 Å². The summed E-state index contributed by atoms with van der Waals surface area (Å²) < 4.78 is 36.0. The highest BCUT2D eigenvalue weighted by Gasteiger charge is 2.21. The van der Waals surface area contributed by atoms with Gasteiger partial charge in [-0.2, -0.15) is 8.42 Å². The van der Waals surface area contributed by atoms with Crippen LogP contribution in [0.15, 0.2) is 88.2 Å². The van der Waals surface area contributed by atoms with Gasteiger partial charge < -0.3 is 5.32 Å². The molecule has 194 valence electrons. The summed E-state index contributed by atoms with van der Waals surface area (Å²) in [6, 6.07) is 23.9. The molecular weight excluding hydrogens is 618 g/mol. The number of nitrogens with zero attached hydrogens (tertiary/aromatic N) is 2. The fourth-order valence-electron chi connectivity index (χ4n) is 4.19. The van der Waals surface area contributed by atoms with Gasteiger partial charge >= 0.3 is 0 Å². The molecule has 0 spiro atoms. The fourth-order valence-corrected chi connectivity index (χ4v) is 7.78. The number of fused-ring (bicyclic) bond motifs is 2. The number of amides is 1. The smallest absolute Gasteiger partial charge is 0.296 e. The number of benzene rings is 4. The van der Waals surface area contributed by atoms with E-state index in [0.29, 0.717) is 32.0 Å². The number of thiazole rings is 2. The molecule has 6 aromatic rings. The second-order valence-electron chi connectivity index (χ2n) is 8.79. The number of hydrogen-bond donors (Lipinski definition) is 2. The van der Waals surface area contributed by atoms with Crippen LogP contribution in [-0.2, 0) is 10.1 Å². The Balaban J connectivity index is 1.27. The van der Waals surface area contributed by atoms with Gasteiger partial charge in [0.2, 0.25) is 0 Å². The van der Waals surface area contributed by atoms with Gasteiger partial charge in [-0.05, 0) is 85.3 Å². The van der Waals surface area contributed by atoms with Crippen molar-refractivity contribution >= 4 is 80.7 Å². The first-order valence-electron chi connectivity index (χ1n) is 11.6. The molecule has 0 bridgehead atoms. The van der Waals surface area contributed by atoms with E-state index in [1.807, 2.05) is 54.6 Å². The van der Waals surface area contributed by atoms with Crippen molar-refractivity contribution in [2.75, 3.05) is 5.32 Å². The Bertz CT molecular complexity index is 2000. The van der Waals surface area contributed by atoms with E-state index in [9.17, 15) is 17.8 Å². The summed E-state index contributed by atoms with van der Waals surface area (Å²) in [6.07, 6.45) is 0. The lowest BCUT2D eigenvalue weighted by Crippen LogP contribution is -2.11. The first-order valence-corrected chi connectivity index (χ1v) is 15.5. The number of aromatic nitrogens is 2. The molecule has 7 nitrogen and oxygen atoms in total. The number of rotatable bonds is 5. The van der Waals surface area contributed by atoms with Gasteiger partial charge in [0.25, 0.3) is 16.0 Å². The SMILES string of the molecule is Cc1ccc2nc(-c3ccc4nc(-c5ccc(NC(=O)c6ccc(Br)cc6)cc5)sc4c3)sc2c1S(=O)(=O)O. The average Bonchev–Trinajstić information content (AvgIpc) is 3.52. The average molecular weight is 637 g/mol. The molecule has 0 saturated heterocycles. The lowest BCUT2D eigenvalue weighted by molar-refractivity contribution is 0.102. The van der Waals surface area contributed by atoms with Crippen molar-refractivity contribution in [3.05, 3.63) is 94.5 Å². The second-order valence-corrected chi connectivity index (χ2v) is 13.1. The molecule has 6 rings (SSSR count). The van der Waals surface area contributed by atoms with E-state index in [4.69, 9.17) is 4.98 Å². The van der Waals surface area contributed by atoms with Crippen LogP contribution < -0.4 is 5.32 Å². The lowest BCUT2D eigenvalue weighted by Gasteiger charge is -2.06. The van der Waals surface area contributed by atoms with Crippen molar-refractivity contribution in [2.45, 2.75) is 11.8 Å². The van der Waals surface area contributed by atoms with Gasteiger partial charge in [0.15, 0.2) is 0 Å². The van der Waals surface area contributed by atoms with E-state index in [2.05, 4.69) is 26.2 Å². The summed E-state index contributed by atoms with van der Waals surface area (Å²) in [5.41, 5.74) is 4.85. The van der Waals surface area contributed by atoms with E-state index in [0.717, 1.165) is 30.8 Å². The van der Waals surface area contributed by atoms with Crippen LogP contribution in [0.1, 0.15) is 15.9 Å². The summed E-state index contributed by atoms with van der Waals surface area (Å²) in [5.74, 6) is -0.184. The molecule has 4 aromatic carbocycles. The Morgan fingerprint density at radius 2 is 1.49 bits per heavy atom. The van der Waals surface area contributed by atoms with Gasteiger partial charge in [0.05, 0.1) is 20.4 Å². The summed E-state index contributed by atoms with van der Waals surface area (Å²) >= 11 is 6.14. The molecule has 0 fully saturated rings. The number of halogens is 1. The Morgan fingerprint density at radius 3 is 2.21 bits per heavy atom. The lowest BCUT2D eigenvalue weighted by atomic mass is 10.2. The van der Waals surface area contributed by atoms with Crippen LogP contribution in [0.4, 0.5) is 5.69 Å². The van der Waals surface area contributed by atoms with E-state index in [1.54, 1.807) is 31.2 Å². The highest BCUT2D eigenvalue weighted by molar-refractivity contribution is 9.10. The largest absolute Gasteiger partial charge is 0.322 e. The maximum atomic E-state index is 12.5. The molecule has 0 unspecified atom stereocenters. The van der Waals surface area contributed by atoms with Gasteiger partial charge in [-0.3, -0.25) is 9.35 Å². The Hall–Kier alpha value is -3.48. The highest BCUT2D eigenvalue weighted by Crippen LogP contribution is 2.38. The molecule has 2 heterocycles. The molecule has 2 aromatic heterocycles. The van der Waals surface area contributed by atoms with Gasteiger partial charge in [-0.25, -0.2) is 9.97 Å². The van der Waals surface area contributed by atoms with E-state index >= 15 is 0 Å². The maximum absolute atomic E-state index is 12.5. The number of aryl methyl sites for hydroxylation is 1. The molecule has 0 saturated carbocycles. The number of hydrogen-bond acceptors (Lipinski definition) is 7. The summed E-state index contributed by atoms with van der Waals surface area (Å²) in [6.45, 7) is 1.65. The zero-order valence-electron chi connectivity index (χ0n) is 20.2. The monoisotopic (exact) mass is 635 g/mol. The zero-order chi connectivity index (χ0) is 27.3. The van der Waals surface area contributed by atoms with Crippen molar-refractivity contribution in [3.63, 3.8) is 0 Å². The van der Waals surface area contributed by atoms with Crippen LogP contribution in [0.2, 0.25) is 0 Å². The normalized spacial score (nSPS) is 11.8. The van der Waals surface area contributed by atoms with E-state index in [-0.39, 0.29) is 10.8 Å². The third-order valence-corrected chi connectivity index (χ3v) is 10.0. The molecule has 39 heavy (non-hydrogen) atoms. The molecule has 11 heteroatoms. The van der Waals surface area contributed by atoms with Crippen LogP contribution >= 0.6 is 38.6 Å². The molecular formula is C28H18BrN3O4S3. The minimum atomic E-state index is -4.38. The van der Waals surface area contributed by atoms with Crippen LogP contribution in [0.25, 0.3) is 41.6 Å². The van der Waals surface area contributed by atoms with Crippen LogP contribution in [0.5, 0.6) is 0 Å². The van der Waals surface area contributed by atoms with Crippen molar-refractivity contribution in [2.24, 2.45) is 0 Å². The molecule has 0 atom stereocenters. The molecule has 0 aliphatic carbocycles. The molecule has 0 aliphatic heterocycles. The maximum Gasteiger partial charge on any atom is 0.296 e. The zero-order valence-corrected chi connectivity index (χ0v) is 24.2. The standard InChI is InChI=1S/C28H18BrN3O4S3/c1-15-2-12-22-24(25(15)39(34,35)36)38-28(32-22)18-7-13-21-23(14-18)37-27(31-21)17-5-10-20(11-6-17)30-26(33)16-3-8-19(29)9-4-16/h2-14H,1H3,(H,30,33)(H,34,35,36). The van der Waals surface area contributed by atoms with Crippen molar-refractivity contribution in [1.29, 1.82) is 0 Å². The van der Waals surface area contributed by atoms with Gasteiger partial charge in [0.1, 0.15) is 14.9 Å². The van der Waals surface area contributed by atoms with Gasteiger partial charge in [0, 0.05) is 26.9 Å². The number of carbonyl (C=O) groups excluding carboxylic acids is 1. The predicted molar refractivity (Wildman–Crippen MR) is 160 cm³/mol. The minimum absolute atomic E-state index is 0.0959. The predicted octanol–water partition coefficient (Wildman–Crippen LogP) is 7.81. The highest BCUT2D eigenvalue weighted by atomic mass is 79.9. The van der Waals surface area contributed by atoms with Crippen LogP contribution in [0, 0.1) is 6.92 Å². The topological polar surface area (TPSA) is 109 Å². The first kappa shape index (κ1) is 25.8. The number of anilines is 1. The molecule has 0 aliphatic rings. The fraction of sp³-hybridized carbons (Fsp3) is 0.0357. The van der Waals surface area contributed by atoms with E-state index in [1.165, 1.54) is 22.7 Å². The quantitative estimate of drug-likeness (QED) is 0.187. The molecule has 2 N–H and O–H groups in total. The molecule has 1 amide bonds. The van der Waals surface area contributed by atoms with Gasteiger partial charge in [-0.15, -0.1) is 22.7 Å². The first-order chi connectivity index (χ1) is 18.7. The Morgan fingerprint density at radius 1 is 0.846 bits per heavy atom. The summed E-state index contributed by atoms with van der Waals surface area (Å²) in [7, 11) is -4.38. The summed E-state index contributed by atoms with van der Waals surface area (Å²) in [4.78, 5) is 21.8.